The summed E-state index contributed by atoms with van der Waals surface area (Å²) in [6.45, 7) is 4.17. The van der Waals surface area contributed by atoms with Gasteiger partial charge in [0, 0.05) is 55.4 Å². The monoisotopic (exact) mass is 376 g/mol. The lowest BCUT2D eigenvalue weighted by molar-refractivity contribution is -0.139. The van der Waals surface area contributed by atoms with E-state index in [9.17, 15) is 9.59 Å². The summed E-state index contributed by atoms with van der Waals surface area (Å²) in [6.07, 6.45) is 3.85. The van der Waals surface area contributed by atoms with E-state index in [1.807, 2.05) is 9.80 Å². The number of ether oxygens (including phenoxy) is 1. The Balaban J connectivity index is 1.58. The van der Waals surface area contributed by atoms with Crippen LogP contribution in [0.15, 0.2) is 24.3 Å². The number of benzene rings is 1. The van der Waals surface area contributed by atoms with Crippen molar-refractivity contribution in [2.45, 2.75) is 25.7 Å². The van der Waals surface area contributed by atoms with Gasteiger partial charge in [-0.05, 0) is 43.9 Å². The SMILES string of the molecule is O=C(c1cccc(Cl)c1)N1C[C@@H](C(=O)N2CCCC2)C2(CCOCC2)C1. The molecule has 1 spiro atoms. The van der Waals surface area contributed by atoms with Crippen LogP contribution < -0.4 is 0 Å². The minimum absolute atomic E-state index is 0.0323. The first-order chi connectivity index (χ1) is 12.6. The number of amides is 2. The van der Waals surface area contributed by atoms with Crippen LogP contribution in [0.4, 0.5) is 0 Å². The quantitative estimate of drug-likeness (QED) is 0.797. The molecule has 3 aliphatic rings. The number of halogens is 1. The normalized spacial score (nSPS) is 25.0. The van der Waals surface area contributed by atoms with Crippen LogP contribution in [0, 0.1) is 11.3 Å². The maximum atomic E-state index is 13.2. The Hall–Kier alpha value is -1.59. The van der Waals surface area contributed by atoms with E-state index in [4.69, 9.17) is 16.3 Å². The van der Waals surface area contributed by atoms with Crippen molar-refractivity contribution in [2.24, 2.45) is 11.3 Å². The Morgan fingerprint density at radius 1 is 1.12 bits per heavy atom. The average Bonchev–Trinajstić information content (AvgIpc) is 3.30. The minimum Gasteiger partial charge on any atom is -0.381 e. The van der Waals surface area contributed by atoms with Gasteiger partial charge in [0.05, 0.1) is 5.92 Å². The van der Waals surface area contributed by atoms with E-state index < -0.39 is 0 Å². The number of carbonyl (C=O) groups excluding carboxylic acids is 2. The fourth-order valence-electron chi connectivity index (χ4n) is 4.71. The number of likely N-dealkylation sites (tertiary alicyclic amines) is 2. The Morgan fingerprint density at radius 2 is 1.85 bits per heavy atom. The van der Waals surface area contributed by atoms with E-state index in [0.717, 1.165) is 38.8 Å². The highest BCUT2D eigenvalue weighted by Gasteiger charge is 2.52. The molecule has 3 fully saturated rings. The van der Waals surface area contributed by atoms with Gasteiger partial charge < -0.3 is 14.5 Å². The third-order valence-corrected chi connectivity index (χ3v) is 6.45. The zero-order valence-electron chi connectivity index (χ0n) is 15.0. The van der Waals surface area contributed by atoms with Gasteiger partial charge in [0.15, 0.2) is 0 Å². The highest BCUT2D eigenvalue weighted by molar-refractivity contribution is 6.30. The molecule has 0 unspecified atom stereocenters. The van der Waals surface area contributed by atoms with E-state index in [0.29, 0.717) is 36.9 Å². The van der Waals surface area contributed by atoms with Crippen LogP contribution in [-0.2, 0) is 9.53 Å². The van der Waals surface area contributed by atoms with Crippen molar-refractivity contribution >= 4 is 23.4 Å². The van der Waals surface area contributed by atoms with E-state index in [1.54, 1.807) is 24.3 Å². The molecule has 6 heteroatoms. The van der Waals surface area contributed by atoms with E-state index in [2.05, 4.69) is 0 Å². The van der Waals surface area contributed by atoms with Gasteiger partial charge in [-0.1, -0.05) is 17.7 Å². The second-order valence-corrected chi connectivity index (χ2v) is 8.19. The molecule has 0 aliphatic carbocycles. The first kappa shape index (κ1) is 17.8. The van der Waals surface area contributed by atoms with Crippen LogP contribution in [0.1, 0.15) is 36.0 Å². The first-order valence-corrected chi connectivity index (χ1v) is 9.88. The highest BCUT2D eigenvalue weighted by atomic mass is 35.5. The van der Waals surface area contributed by atoms with Gasteiger partial charge in [-0.15, -0.1) is 0 Å². The smallest absolute Gasteiger partial charge is 0.253 e. The average molecular weight is 377 g/mol. The standard InChI is InChI=1S/C20H25ClN2O3/c21-16-5-3-4-15(12-16)18(24)23-13-17(19(25)22-8-1-2-9-22)20(14-23)6-10-26-11-7-20/h3-5,12,17H,1-2,6-11,13-14H2/t17-/m0/s1. The van der Waals surface area contributed by atoms with E-state index >= 15 is 0 Å². The second-order valence-electron chi connectivity index (χ2n) is 7.76. The number of hydrogen-bond donors (Lipinski definition) is 0. The molecule has 4 rings (SSSR count). The molecule has 3 saturated heterocycles. The van der Waals surface area contributed by atoms with Crippen molar-refractivity contribution in [1.82, 2.24) is 9.80 Å². The summed E-state index contributed by atoms with van der Waals surface area (Å²) in [5.41, 5.74) is 0.445. The molecule has 1 aromatic rings. The first-order valence-electron chi connectivity index (χ1n) is 9.50. The fraction of sp³-hybridized carbons (Fsp3) is 0.600. The van der Waals surface area contributed by atoms with Gasteiger partial charge in [-0.25, -0.2) is 0 Å². The molecule has 5 nitrogen and oxygen atoms in total. The predicted octanol–water partition coefficient (Wildman–Crippen LogP) is 2.83. The summed E-state index contributed by atoms with van der Waals surface area (Å²) in [6, 6.07) is 7.06. The Kier molecular flexibility index (Phi) is 4.93. The summed E-state index contributed by atoms with van der Waals surface area (Å²) >= 11 is 6.05. The Labute approximate surface area is 159 Å². The highest BCUT2D eigenvalue weighted by Crippen LogP contribution is 2.45. The predicted molar refractivity (Wildman–Crippen MR) is 99.1 cm³/mol. The third-order valence-electron chi connectivity index (χ3n) is 6.21. The second kappa shape index (κ2) is 7.20. The van der Waals surface area contributed by atoms with Gasteiger partial charge in [0.25, 0.3) is 5.91 Å². The topological polar surface area (TPSA) is 49.9 Å². The molecule has 0 radical (unpaired) electrons. The van der Waals surface area contributed by atoms with Crippen molar-refractivity contribution in [3.63, 3.8) is 0 Å². The van der Waals surface area contributed by atoms with Gasteiger partial charge in [0.2, 0.25) is 5.91 Å². The van der Waals surface area contributed by atoms with Gasteiger partial charge in [0.1, 0.15) is 0 Å². The molecule has 0 N–H and O–H groups in total. The van der Waals surface area contributed by atoms with Crippen molar-refractivity contribution < 1.29 is 14.3 Å². The number of rotatable bonds is 2. The van der Waals surface area contributed by atoms with Crippen LogP contribution in [0.5, 0.6) is 0 Å². The van der Waals surface area contributed by atoms with Crippen molar-refractivity contribution in [3.8, 4) is 0 Å². The maximum absolute atomic E-state index is 13.2. The largest absolute Gasteiger partial charge is 0.381 e. The molecule has 0 bridgehead atoms. The lowest BCUT2D eigenvalue weighted by Gasteiger charge is -2.38. The van der Waals surface area contributed by atoms with Crippen molar-refractivity contribution in [2.75, 3.05) is 39.4 Å². The summed E-state index contributed by atoms with van der Waals surface area (Å²) in [5.74, 6) is 0.0773. The van der Waals surface area contributed by atoms with Crippen molar-refractivity contribution in [3.05, 3.63) is 34.9 Å². The van der Waals surface area contributed by atoms with Crippen LogP contribution >= 0.6 is 11.6 Å². The molecular weight excluding hydrogens is 352 g/mol. The molecule has 1 atom stereocenters. The number of carbonyl (C=O) groups is 2. The van der Waals surface area contributed by atoms with Gasteiger partial charge >= 0.3 is 0 Å². The van der Waals surface area contributed by atoms with Crippen LogP contribution in [0.25, 0.3) is 0 Å². The molecular formula is C20H25ClN2O3. The van der Waals surface area contributed by atoms with Gasteiger partial charge in [-0.2, -0.15) is 0 Å². The third kappa shape index (κ3) is 3.23. The van der Waals surface area contributed by atoms with Gasteiger partial charge in [-0.3, -0.25) is 9.59 Å². The van der Waals surface area contributed by atoms with Crippen LogP contribution in [-0.4, -0.2) is 61.0 Å². The Morgan fingerprint density at radius 3 is 2.54 bits per heavy atom. The molecule has 0 saturated carbocycles. The van der Waals surface area contributed by atoms with E-state index in [1.165, 1.54) is 0 Å². The lowest BCUT2D eigenvalue weighted by Crippen LogP contribution is -2.45. The van der Waals surface area contributed by atoms with Crippen molar-refractivity contribution in [1.29, 1.82) is 0 Å². The number of nitrogens with zero attached hydrogens (tertiary/aromatic N) is 2. The molecule has 26 heavy (non-hydrogen) atoms. The lowest BCUT2D eigenvalue weighted by atomic mass is 9.71. The molecule has 0 aromatic heterocycles. The Bertz CT molecular complexity index is 696. The summed E-state index contributed by atoms with van der Waals surface area (Å²) in [4.78, 5) is 30.1. The fourth-order valence-corrected chi connectivity index (χ4v) is 4.90. The molecule has 2 amide bonds. The van der Waals surface area contributed by atoms with Crippen LogP contribution in [0.3, 0.4) is 0 Å². The summed E-state index contributed by atoms with van der Waals surface area (Å²) in [5, 5.41) is 0.556. The maximum Gasteiger partial charge on any atom is 0.253 e. The molecule has 1 aromatic carbocycles. The zero-order chi connectivity index (χ0) is 18.1. The molecule has 3 heterocycles. The number of hydrogen-bond acceptors (Lipinski definition) is 3. The molecule has 140 valence electrons. The zero-order valence-corrected chi connectivity index (χ0v) is 15.7. The molecule has 3 aliphatic heterocycles. The van der Waals surface area contributed by atoms with Crippen LogP contribution in [0.2, 0.25) is 5.02 Å². The minimum atomic E-state index is -0.147. The summed E-state index contributed by atoms with van der Waals surface area (Å²) in [7, 11) is 0. The summed E-state index contributed by atoms with van der Waals surface area (Å²) < 4.78 is 5.56. The van der Waals surface area contributed by atoms with E-state index in [-0.39, 0.29) is 23.1 Å².